The molecular weight excluding hydrogens is 260 g/mol. The van der Waals surface area contributed by atoms with Crippen molar-refractivity contribution in [2.24, 2.45) is 0 Å². The van der Waals surface area contributed by atoms with Crippen molar-refractivity contribution in [3.05, 3.63) is 75.8 Å². The molecule has 0 aliphatic carbocycles. The van der Waals surface area contributed by atoms with Crippen LogP contribution in [0.4, 0.5) is 5.69 Å². The maximum absolute atomic E-state index is 12.0. The van der Waals surface area contributed by atoms with E-state index in [1.807, 2.05) is 6.07 Å². The fourth-order valence-corrected chi connectivity index (χ4v) is 1.78. The number of hydrogen-bond donors (Lipinski definition) is 1. The average molecular weight is 272 g/mol. The fourth-order valence-electron chi connectivity index (χ4n) is 1.78. The maximum Gasteiger partial charge on any atom is 0.284 e. The standard InChI is InChI=1S/C14H12N2O4/c17-14(12-8-4-5-9-13(12)16(19)20)15(18)10-11-6-2-1-3-7-11/h1-9,18H,10H2. The summed E-state index contributed by atoms with van der Waals surface area (Å²) in [7, 11) is 0. The molecule has 2 rings (SSSR count). The van der Waals surface area contributed by atoms with E-state index in [1.165, 1.54) is 24.3 Å². The van der Waals surface area contributed by atoms with Crippen LogP contribution in [0.1, 0.15) is 15.9 Å². The first-order valence-electron chi connectivity index (χ1n) is 5.87. The highest BCUT2D eigenvalue weighted by Gasteiger charge is 2.23. The summed E-state index contributed by atoms with van der Waals surface area (Å²) in [6.07, 6.45) is 0. The Morgan fingerprint density at radius 1 is 1.10 bits per heavy atom. The summed E-state index contributed by atoms with van der Waals surface area (Å²) in [5.41, 5.74) is 0.252. The van der Waals surface area contributed by atoms with E-state index in [0.717, 1.165) is 5.56 Å². The van der Waals surface area contributed by atoms with Gasteiger partial charge >= 0.3 is 0 Å². The van der Waals surface area contributed by atoms with E-state index in [1.54, 1.807) is 24.3 Å². The summed E-state index contributed by atoms with van der Waals surface area (Å²) in [6.45, 7) is -0.0360. The third-order valence-corrected chi connectivity index (χ3v) is 2.74. The number of amides is 1. The number of benzene rings is 2. The van der Waals surface area contributed by atoms with Gasteiger partial charge < -0.3 is 0 Å². The Balaban J connectivity index is 2.21. The van der Waals surface area contributed by atoms with Crippen LogP contribution in [0.2, 0.25) is 0 Å². The second-order valence-electron chi connectivity index (χ2n) is 4.12. The number of carbonyl (C=O) groups is 1. The molecular formula is C14H12N2O4. The number of carbonyl (C=O) groups excluding carboxylic acids is 1. The SMILES string of the molecule is O=C(c1ccccc1[N+](=O)[O-])N(O)Cc1ccccc1. The lowest BCUT2D eigenvalue weighted by Crippen LogP contribution is -2.27. The number of hydroxylamine groups is 2. The Morgan fingerprint density at radius 3 is 2.35 bits per heavy atom. The first-order valence-corrected chi connectivity index (χ1v) is 5.87. The Morgan fingerprint density at radius 2 is 1.70 bits per heavy atom. The molecule has 6 nitrogen and oxygen atoms in total. The fraction of sp³-hybridized carbons (Fsp3) is 0.0714. The van der Waals surface area contributed by atoms with Gasteiger partial charge in [-0.25, -0.2) is 5.06 Å². The number of para-hydroxylation sites is 1. The second kappa shape index (κ2) is 5.94. The third kappa shape index (κ3) is 2.99. The molecule has 0 radical (unpaired) electrons. The van der Waals surface area contributed by atoms with Crippen LogP contribution in [-0.4, -0.2) is 21.1 Å². The van der Waals surface area contributed by atoms with E-state index in [4.69, 9.17) is 0 Å². The molecule has 0 spiro atoms. The van der Waals surface area contributed by atoms with Crippen molar-refractivity contribution in [2.75, 3.05) is 0 Å². The predicted molar refractivity (Wildman–Crippen MR) is 71.2 cm³/mol. The zero-order valence-corrected chi connectivity index (χ0v) is 10.5. The van der Waals surface area contributed by atoms with E-state index in [0.29, 0.717) is 5.06 Å². The van der Waals surface area contributed by atoms with Crippen LogP contribution in [-0.2, 0) is 6.54 Å². The number of nitro groups is 1. The predicted octanol–water partition coefficient (Wildman–Crippen LogP) is 2.63. The van der Waals surface area contributed by atoms with Crippen LogP contribution in [0.15, 0.2) is 54.6 Å². The molecule has 102 valence electrons. The van der Waals surface area contributed by atoms with E-state index in [2.05, 4.69) is 0 Å². The van der Waals surface area contributed by atoms with Crippen LogP contribution in [0.25, 0.3) is 0 Å². The summed E-state index contributed by atoms with van der Waals surface area (Å²) < 4.78 is 0. The van der Waals surface area contributed by atoms with Gasteiger partial charge in [0, 0.05) is 6.07 Å². The van der Waals surface area contributed by atoms with Crippen LogP contribution in [0.5, 0.6) is 0 Å². The number of hydrogen-bond acceptors (Lipinski definition) is 4. The third-order valence-electron chi connectivity index (χ3n) is 2.74. The summed E-state index contributed by atoms with van der Waals surface area (Å²) in [6, 6.07) is 14.4. The van der Waals surface area contributed by atoms with Gasteiger partial charge in [0.05, 0.1) is 11.5 Å². The minimum Gasteiger partial charge on any atom is -0.285 e. The van der Waals surface area contributed by atoms with Crippen molar-refractivity contribution >= 4 is 11.6 Å². The highest BCUT2D eigenvalue weighted by atomic mass is 16.6. The zero-order valence-electron chi connectivity index (χ0n) is 10.5. The normalized spacial score (nSPS) is 10.1. The van der Waals surface area contributed by atoms with Crippen LogP contribution >= 0.6 is 0 Å². The Hall–Kier alpha value is -2.73. The van der Waals surface area contributed by atoms with Crippen molar-refractivity contribution in [2.45, 2.75) is 6.54 Å². The summed E-state index contributed by atoms with van der Waals surface area (Å²) in [5, 5.41) is 21.1. The molecule has 0 heterocycles. The topological polar surface area (TPSA) is 83.7 Å². The molecule has 0 aromatic heterocycles. The number of nitro benzene ring substituents is 1. The van der Waals surface area contributed by atoms with Crippen LogP contribution in [0.3, 0.4) is 0 Å². The van der Waals surface area contributed by atoms with E-state index in [9.17, 15) is 20.1 Å². The highest BCUT2D eigenvalue weighted by Crippen LogP contribution is 2.19. The molecule has 0 unspecified atom stereocenters. The zero-order chi connectivity index (χ0) is 14.5. The number of nitrogens with zero attached hydrogens (tertiary/aromatic N) is 2. The molecule has 20 heavy (non-hydrogen) atoms. The van der Waals surface area contributed by atoms with E-state index in [-0.39, 0.29) is 17.8 Å². The summed E-state index contributed by atoms with van der Waals surface area (Å²) in [5.74, 6) is -0.804. The second-order valence-corrected chi connectivity index (χ2v) is 4.12. The van der Waals surface area contributed by atoms with Crippen molar-refractivity contribution in [3.8, 4) is 0 Å². The Bertz CT molecular complexity index is 628. The van der Waals surface area contributed by atoms with Crippen LogP contribution in [0, 0.1) is 10.1 Å². The lowest BCUT2D eigenvalue weighted by atomic mass is 10.1. The lowest BCUT2D eigenvalue weighted by molar-refractivity contribution is -0.385. The molecule has 0 atom stereocenters. The van der Waals surface area contributed by atoms with Gasteiger partial charge in [0.2, 0.25) is 0 Å². The van der Waals surface area contributed by atoms with Gasteiger partial charge in [0.25, 0.3) is 11.6 Å². The highest BCUT2D eigenvalue weighted by molar-refractivity contribution is 5.97. The molecule has 0 bridgehead atoms. The van der Waals surface area contributed by atoms with Crippen molar-refractivity contribution in [1.82, 2.24) is 5.06 Å². The molecule has 2 aromatic rings. The van der Waals surface area contributed by atoms with Gasteiger partial charge in [-0.1, -0.05) is 42.5 Å². The molecule has 1 N–H and O–H groups in total. The van der Waals surface area contributed by atoms with Gasteiger partial charge in [-0.2, -0.15) is 0 Å². The van der Waals surface area contributed by atoms with Gasteiger partial charge in [-0.15, -0.1) is 0 Å². The van der Waals surface area contributed by atoms with Gasteiger partial charge in [-0.05, 0) is 11.6 Å². The lowest BCUT2D eigenvalue weighted by Gasteiger charge is -2.15. The average Bonchev–Trinajstić information content (AvgIpc) is 2.47. The van der Waals surface area contributed by atoms with Gasteiger partial charge in [0.15, 0.2) is 0 Å². The van der Waals surface area contributed by atoms with Crippen molar-refractivity contribution < 1.29 is 14.9 Å². The molecule has 2 aromatic carbocycles. The van der Waals surface area contributed by atoms with Gasteiger partial charge in [-0.3, -0.25) is 20.1 Å². The first-order chi connectivity index (χ1) is 9.59. The number of rotatable bonds is 4. The molecule has 0 fully saturated rings. The van der Waals surface area contributed by atoms with Crippen molar-refractivity contribution in [1.29, 1.82) is 0 Å². The van der Waals surface area contributed by atoms with E-state index >= 15 is 0 Å². The van der Waals surface area contributed by atoms with Crippen molar-refractivity contribution in [3.63, 3.8) is 0 Å². The molecule has 0 aliphatic heterocycles. The van der Waals surface area contributed by atoms with Crippen LogP contribution < -0.4 is 0 Å². The van der Waals surface area contributed by atoms with Gasteiger partial charge in [0.1, 0.15) is 5.56 Å². The molecule has 6 heteroatoms. The molecule has 0 saturated carbocycles. The minimum atomic E-state index is -0.804. The van der Waals surface area contributed by atoms with E-state index < -0.39 is 10.8 Å². The monoisotopic (exact) mass is 272 g/mol. The quantitative estimate of drug-likeness (QED) is 0.526. The Kier molecular flexibility index (Phi) is 4.07. The molecule has 1 amide bonds. The maximum atomic E-state index is 12.0. The molecule has 0 aliphatic rings. The first kappa shape index (κ1) is 13.7. The summed E-state index contributed by atoms with van der Waals surface area (Å²) in [4.78, 5) is 22.3. The minimum absolute atomic E-state index is 0.0360. The smallest absolute Gasteiger partial charge is 0.284 e. The largest absolute Gasteiger partial charge is 0.285 e. The molecule has 0 saturated heterocycles. The summed E-state index contributed by atoms with van der Waals surface area (Å²) >= 11 is 0. The Labute approximate surface area is 115 Å².